The molecular weight excluding hydrogens is 364 g/mol. The standard InChI is InChI=1S/C15H17BrN4O3/c1-3-14(21)19-12-8-10(20-15(17)11(16)9-18-20)4-5-13(12)23-7-6-22-2/h3-5,8-9H,1,6-7,17H2,2H3,(H,19,21). The Bertz CT molecular complexity index is 715. The number of hydrogen-bond donors (Lipinski definition) is 2. The third kappa shape index (κ3) is 4.11. The van der Waals surface area contributed by atoms with Crippen LogP contribution in [0.3, 0.4) is 0 Å². The largest absolute Gasteiger partial charge is 0.489 e. The van der Waals surface area contributed by atoms with Crippen molar-refractivity contribution in [1.29, 1.82) is 0 Å². The maximum Gasteiger partial charge on any atom is 0.247 e. The Hall–Kier alpha value is -2.32. The number of benzene rings is 1. The summed E-state index contributed by atoms with van der Waals surface area (Å²) in [6.07, 6.45) is 2.78. The summed E-state index contributed by atoms with van der Waals surface area (Å²) >= 11 is 3.31. The van der Waals surface area contributed by atoms with Crippen LogP contribution in [-0.2, 0) is 9.53 Å². The van der Waals surface area contributed by atoms with Crippen LogP contribution in [0.2, 0.25) is 0 Å². The minimum absolute atomic E-state index is 0.339. The zero-order chi connectivity index (χ0) is 16.8. The molecule has 3 N–H and O–H groups in total. The highest BCUT2D eigenvalue weighted by Gasteiger charge is 2.12. The fourth-order valence-corrected chi connectivity index (χ4v) is 2.10. The van der Waals surface area contributed by atoms with Crippen molar-refractivity contribution in [3.63, 3.8) is 0 Å². The topological polar surface area (TPSA) is 91.4 Å². The molecule has 1 heterocycles. The van der Waals surface area contributed by atoms with Crippen molar-refractivity contribution in [1.82, 2.24) is 9.78 Å². The predicted molar refractivity (Wildman–Crippen MR) is 91.9 cm³/mol. The normalized spacial score (nSPS) is 10.3. The molecule has 1 aromatic carbocycles. The number of ether oxygens (including phenoxy) is 2. The second-order valence-corrected chi connectivity index (χ2v) is 5.36. The molecule has 0 aliphatic heterocycles. The molecule has 0 bridgehead atoms. The van der Waals surface area contributed by atoms with Gasteiger partial charge in [-0.1, -0.05) is 6.58 Å². The highest BCUT2D eigenvalue weighted by Crippen LogP contribution is 2.29. The number of nitrogens with one attached hydrogen (secondary N) is 1. The van der Waals surface area contributed by atoms with Gasteiger partial charge in [-0.15, -0.1) is 0 Å². The molecular formula is C15H17BrN4O3. The predicted octanol–water partition coefficient (Wildman–Crippen LogP) is 2.37. The number of halogens is 1. The first-order valence-electron chi connectivity index (χ1n) is 6.75. The Balaban J connectivity index is 2.35. The lowest BCUT2D eigenvalue weighted by Gasteiger charge is -2.14. The number of methoxy groups -OCH3 is 1. The SMILES string of the molecule is C=CC(=O)Nc1cc(-n2ncc(Br)c2N)ccc1OCCOC. The Morgan fingerprint density at radius 1 is 1.52 bits per heavy atom. The fraction of sp³-hybridized carbons (Fsp3) is 0.200. The Morgan fingerprint density at radius 2 is 2.30 bits per heavy atom. The van der Waals surface area contributed by atoms with Crippen LogP contribution in [0.5, 0.6) is 5.75 Å². The van der Waals surface area contributed by atoms with Gasteiger partial charge in [0.1, 0.15) is 18.2 Å². The van der Waals surface area contributed by atoms with E-state index in [9.17, 15) is 4.79 Å². The van der Waals surface area contributed by atoms with Crippen LogP contribution in [0.4, 0.5) is 11.5 Å². The summed E-state index contributed by atoms with van der Waals surface area (Å²) in [6, 6.07) is 5.25. The van der Waals surface area contributed by atoms with E-state index in [1.165, 1.54) is 6.08 Å². The first-order valence-corrected chi connectivity index (χ1v) is 7.54. The summed E-state index contributed by atoms with van der Waals surface area (Å²) < 4.78 is 12.8. The smallest absolute Gasteiger partial charge is 0.247 e. The molecule has 122 valence electrons. The van der Waals surface area contributed by atoms with Crippen LogP contribution < -0.4 is 15.8 Å². The van der Waals surface area contributed by atoms with E-state index in [0.29, 0.717) is 40.6 Å². The lowest BCUT2D eigenvalue weighted by Crippen LogP contribution is -2.12. The van der Waals surface area contributed by atoms with Gasteiger partial charge in [-0.3, -0.25) is 4.79 Å². The summed E-state index contributed by atoms with van der Waals surface area (Å²) in [5.41, 5.74) is 7.13. The van der Waals surface area contributed by atoms with Gasteiger partial charge in [0.15, 0.2) is 0 Å². The molecule has 0 aliphatic carbocycles. The van der Waals surface area contributed by atoms with E-state index in [-0.39, 0.29) is 5.91 Å². The maximum absolute atomic E-state index is 11.6. The lowest BCUT2D eigenvalue weighted by molar-refractivity contribution is -0.111. The number of nitrogens with zero attached hydrogens (tertiary/aromatic N) is 2. The Labute approximate surface area is 142 Å². The van der Waals surface area contributed by atoms with Gasteiger partial charge in [0.05, 0.1) is 28.7 Å². The number of carbonyl (C=O) groups is 1. The Morgan fingerprint density at radius 3 is 2.91 bits per heavy atom. The third-order valence-corrected chi connectivity index (χ3v) is 3.57. The number of nitrogens with two attached hydrogens (primary N) is 1. The summed E-state index contributed by atoms with van der Waals surface area (Å²) in [6.45, 7) is 4.25. The zero-order valence-electron chi connectivity index (χ0n) is 12.6. The zero-order valence-corrected chi connectivity index (χ0v) is 14.2. The molecule has 2 aromatic rings. The molecule has 1 amide bonds. The van der Waals surface area contributed by atoms with Gasteiger partial charge in [0.2, 0.25) is 5.91 Å². The first-order chi connectivity index (χ1) is 11.1. The summed E-state index contributed by atoms with van der Waals surface area (Å²) in [7, 11) is 1.59. The van der Waals surface area contributed by atoms with E-state index in [0.717, 1.165) is 0 Å². The highest BCUT2D eigenvalue weighted by atomic mass is 79.9. The molecule has 0 atom stereocenters. The fourth-order valence-electron chi connectivity index (χ4n) is 1.84. The number of carbonyl (C=O) groups excluding carboxylic acids is 1. The van der Waals surface area contributed by atoms with Crippen LogP contribution in [0.1, 0.15) is 0 Å². The second-order valence-electron chi connectivity index (χ2n) is 4.50. The van der Waals surface area contributed by atoms with E-state index in [4.69, 9.17) is 15.2 Å². The molecule has 8 heteroatoms. The lowest BCUT2D eigenvalue weighted by atomic mass is 10.2. The number of aromatic nitrogens is 2. The second kappa shape index (κ2) is 7.80. The average molecular weight is 381 g/mol. The number of rotatable bonds is 7. The van der Waals surface area contributed by atoms with Crippen molar-refractivity contribution in [2.24, 2.45) is 0 Å². The van der Waals surface area contributed by atoms with Crippen LogP contribution in [-0.4, -0.2) is 36.0 Å². The van der Waals surface area contributed by atoms with E-state index in [1.54, 1.807) is 36.2 Å². The van der Waals surface area contributed by atoms with Crippen molar-refractivity contribution < 1.29 is 14.3 Å². The van der Waals surface area contributed by atoms with Gasteiger partial charge in [0.25, 0.3) is 0 Å². The molecule has 23 heavy (non-hydrogen) atoms. The van der Waals surface area contributed by atoms with E-state index >= 15 is 0 Å². The van der Waals surface area contributed by atoms with Crippen molar-refractivity contribution in [2.45, 2.75) is 0 Å². The van der Waals surface area contributed by atoms with Crippen molar-refractivity contribution >= 4 is 33.3 Å². The summed E-state index contributed by atoms with van der Waals surface area (Å²) in [5.74, 6) is 0.637. The molecule has 2 rings (SSSR count). The van der Waals surface area contributed by atoms with Crippen molar-refractivity contribution in [3.05, 3.63) is 41.5 Å². The van der Waals surface area contributed by atoms with Crippen molar-refractivity contribution in [2.75, 3.05) is 31.4 Å². The molecule has 0 saturated carbocycles. The third-order valence-electron chi connectivity index (χ3n) is 2.96. The van der Waals surface area contributed by atoms with Gasteiger partial charge in [0, 0.05) is 7.11 Å². The van der Waals surface area contributed by atoms with Gasteiger partial charge in [-0.25, -0.2) is 4.68 Å². The van der Waals surface area contributed by atoms with Crippen LogP contribution in [0, 0.1) is 0 Å². The van der Waals surface area contributed by atoms with Crippen LogP contribution in [0.25, 0.3) is 5.69 Å². The first kappa shape index (κ1) is 17.0. The number of anilines is 2. The van der Waals surface area contributed by atoms with Crippen LogP contribution >= 0.6 is 15.9 Å². The van der Waals surface area contributed by atoms with Gasteiger partial charge in [-0.2, -0.15) is 5.10 Å². The molecule has 0 aliphatic rings. The molecule has 7 nitrogen and oxygen atoms in total. The maximum atomic E-state index is 11.6. The monoisotopic (exact) mass is 380 g/mol. The quantitative estimate of drug-likeness (QED) is 0.568. The molecule has 0 unspecified atom stereocenters. The van der Waals surface area contributed by atoms with E-state index < -0.39 is 0 Å². The average Bonchev–Trinajstić information content (AvgIpc) is 2.88. The van der Waals surface area contributed by atoms with Gasteiger partial charge < -0.3 is 20.5 Å². The number of hydrogen-bond acceptors (Lipinski definition) is 5. The van der Waals surface area contributed by atoms with Gasteiger partial charge in [-0.05, 0) is 40.2 Å². The van der Waals surface area contributed by atoms with E-state index in [2.05, 4.69) is 32.9 Å². The minimum atomic E-state index is -0.339. The highest BCUT2D eigenvalue weighted by molar-refractivity contribution is 9.10. The summed E-state index contributed by atoms with van der Waals surface area (Å²) in [5, 5.41) is 6.89. The molecule has 0 spiro atoms. The van der Waals surface area contributed by atoms with Crippen molar-refractivity contribution in [3.8, 4) is 11.4 Å². The molecule has 0 saturated heterocycles. The number of nitrogen functional groups attached to an aromatic ring is 1. The molecule has 0 fully saturated rings. The molecule has 0 radical (unpaired) electrons. The summed E-state index contributed by atoms with van der Waals surface area (Å²) in [4.78, 5) is 11.6. The molecule has 1 aromatic heterocycles. The van der Waals surface area contributed by atoms with Crippen LogP contribution in [0.15, 0.2) is 41.5 Å². The van der Waals surface area contributed by atoms with Gasteiger partial charge >= 0.3 is 0 Å². The Kier molecular flexibility index (Phi) is 5.78. The minimum Gasteiger partial charge on any atom is -0.489 e. The number of amides is 1. The van der Waals surface area contributed by atoms with E-state index in [1.807, 2.05) is 0 Å².